The topological polar surface area (TPSA) is 95.3 Å². The van der Waals surface area contributed by atoms with E-state index in [1.54, 1.807) is 18.2 Å². The quantitative estimate of drug-likeness (QED) is 0.717. The van der Waals surface area contributed by atoms with Gasteiger partial charge in [-0.2, -0.15) is 10.1 Å². The second kappa shape index (κ2) is 8.13. The molecule has 0 aliphatic carbocycles. The van der Waals surface area contributed by atoms with Gasteiger partial charge in [-0.05, 0) is 12.1 Å². The minimum atomic E-state index is -0.604. The number of methoxy groups -OCH3 is 2. The summed E-state index contributed by atoms with van der Waals surface area (Å²) >= 11 is 0. The van der Waals surface area contributed by atoms with Crippen molar-refractivity contribution >= 4 is 11.6 Å². The zero-order chi connectivity index (χ0) is 19.2. The standard InChI is InChI=1S/C19H18N4O4/c1-26-14-8-9-15(17(10-14)27-2)21-18(24)12-23-19(25)22-16(11-20-23)13-6-4-3-5-7-13/h3-11H,12H2,1-2H3,(H,21,24). The summed E-state index contributed by atoms with van der Waals surface area (Å²) in [5.41, 5.74) is 1.09. The van der Waals surface area contributed by atoms with Crippen molar-refractivity contribution in [3.63, 3.8) is 0 Å². The molecule has 1 amide bonds. The zero-order valence-corrected chi connectivity index (χ0v) is 14.9. The molecule has 0 atom stereocenters. The Kier molecular flexibility index (Phi) is 5.46. The largest absolute Gasteiger partial charge is 0.497 e. The van der Waals surface area contributed by atoms with Crippen LogP contribution in [-0.4, -0.2) is 34.9 Å². The Bertz CT molecular complexity index is 1000. The molecule has 8 nitrogen and oxygen atoms in total. The maximum atomic E-state index is 12.3. The maximum absolute atomic E-state index is 12.3. The number of ether oxygens (including phenoxy) is 2. The fourth-order valence-electron chi connectivity index (χ4n) is 2.45. The molecule has 8 heteroatoms. The second-order valence-corrected chi connectivity index (χ2v) is 5.56. The molecule has 0 saturated carbocycles. The molecular weight excluding hydrogens is 348 g/mol. The summed E-state index contributed by atoms with van der Waals surface area (Å²) in [6.45, 7) is -0.268. The molecule has 0 spiro atoms. The van der Waals surface area contributed by atoms with E-state index in [1.165, 1.54) is 20.4 Å². The van der Waals surface area contributed by atoms with Crippen molar-refractivity contribution in [2.24, 2.45) is 0 Å². The molecule has 0 saturated heterocycles. The summed E-state index contributed by atoms with van der Waals surface area (Å²) in [5, 5.41) is 6.72. The van der Waals surface area contributed by atoms with Gasteiger partial charge in [-0.3, -0.25) is 4.79 Å². The fraction of sp³-hybridized carbons (Fsp3) is 0.158. The zero-order valence-electron chi connectivity index (χ0n) is 14.9. The molecule has 0 aliphatic heterocycles. The molecule has 0 aliphatic rings. The maximum Gasteiger partial charge on any atom is 0.365 e. The van der Waals surface area contributed by atoms with Gasteiger partial charge in [0.05, 0.1) is 31.8 Å². The predicted octanol–water partition coefficient (Wildman–Crippen LogP) is 1.96. The van der Waals surface area contributed by atoms with Crippen LogP contribution >= 0.6 is 0 Å². The SMILES string of the molecule is COc1ccc(NC(=O)Cn2ncc(-c3ccccc3)nc2=O)c(OC)c1. The number of anilines is 1. The van der Waals surface area contributed by atoms with Gasteiger partial charge in [-0.15, -0.1) is 0 Å². The summed E-state index contributed by atoms with van der Waals surface area (Å²) in [4.78, 5) is 28.4. The molecule has 0 unspecified atom stereocenters. The second-order valence-electron chi connectivity index (χ2n) is 5.56. The van der Waals surface area contributed by atoms with Gasteiger partial charge < -0.3 is 14.8 Å². The molecule has 3 aromatic rings. The average molecular weight is 366 g/mol. The summed E-state index contributed by atoms with van der Waals surface area (Å²) in [7, 11) is 3.03. The van der Waals surface area contributed by atoms with E-state index in [-0.39, 0.29) is 6.54 Å². The van der Waals surface area contributed by atoms with Crippen LogP contribution in [0.1, 0.15) is 0 Å². The van der Waals surface area contributed by atoms with E-state index in [2.05, 4.69) is 15.4 Å². The van der Waals surface area contributed by atoms with Gasteiger partial charge in [0.2, 0.25) is 5.91 Å². The molecule has 0 bridgehead atoms. The first kappa shape index (κ1) is 18.1. The van der Waals surface area contributed by atoms with Crippen molar-refractivity contribution in [1.29, 1.82) is 0 Å². The number of rotatable bonds is 6. The summed E-state index contributed by atoms with van der Waals surface area (Å²) in [6.07, 6.45) is 1.46. The molecular formula is C19H18N4O4. The molecule has 2 aromatic carbocycles. The third-order valence-corrected chi connectivity index (χ3v) is 3.80. The van der Waals surface area contributed by atoms with E-state index in [4.69, 9.17) is 9.47 Å². The van der Waals surface area contributed by atoms with Crippen LogP contribution in [0.5, 0.6) is 11.5 Å². The number of benzene rings is 2. The molecule has 27 heavy (non-hydrogen) atoms. The van der Waals surface area contributed by atoms with Gasteiger partial charge in [-0.1, -0.05) is 30.3 Å². The van der Waals surface area contributed by atoms with Crippen LogP contribution in [0.25, 0.3) is 11.3 Å². The van der Waals surface area contributed by atoms with E-state index in [0.29, 0.717) is 22.9 Å². The van der Waals surface area contributed by atoms with Crippen molar-refractivity contribution in [1.82, 2.24) is 14.8 Å². The average Bonchev–Trinajstić information content (AvgIpc) is 2.70. The first-order chi connectivity index (χ1) is 13.1. The van der Waals surface area contributed by atoms with Crippen LogP contribution in [-0.2, 0) is 11.3 Å². The normalized spacial score (nSPS) is 10.3. The van der Waals surface area contributed by atoms with E-state index in [0.717, 1.165) is 10.2 Å². The number of hydrogen-bond acceptors (Lipinski definition) is 6. The van der Waals surface area contributed by atoms with Gasteiger partial charge in [0.15, 0.2) is 0 Å². The smallest absolute Gasteiger partial charge is 0.365 e. The Morgan fingerprint density at radius 2 is 1.89 bits per heavy atom. The lowest BCUT2D eigenvalue weighted by atomic mass is 10.2. The van der Waals surface area contributed by atoms with Gasteiger partial charge in [0.25, 0.3) is 0 Å². The Labute approximate surface area is 155 Å². The summed E-state index contributed by atoms with van der Waals surface area (Å²) < 4.78 is 11.4. The molecule has 1 aromatic heterocycles. The number of carbonyl (C=O) groups excluding carboxylic acids is 1. The van der Waals surface area contributed by atoms with E-state index < -0.39 is 11.6 Å². The monoisotopic (exact) mass is 366 g/mol. The highest BCUT2D eigenvalue weighted by Gasteiger charge is 2.12. The van der Waals surface area contributed by atoms with Gasteiger partial charge in [-0.25, -0.2) is 9.48 Å². The Morgan fingerprint density at radius 1 is 1.11 bits per heavy atom. The van der Waals surface area contributed by atoms with E-state index >= 15 is 0 Å². The van der Waals surface area contributed by atoms with E-state index in [1.807, 2.05) is 30.3 Å². The van der Waals surface area contributed by atoms with Crippen LogP contribution in [0.4, 0.5) is 5.69 Å². The molecule has 1 N–H and O–H groups in total. The van der Waals surface area contributed by atoms with Crippen LogP contribution < -0.4 is 20.5 Å². The Hall–Kier alpha value is -3.68. The third-order valence-electron chi connectivity index (χ3n) is 3.80. The molecule has 3 rings (SSSR count). The van der Waals surface area contributed by atoms with Crippen LogP contribution in [0.3, 0.4) is 0 Å². The molecule has 1 heterocycles. The predicted molar refractivity (Wildman–Crippen MR) is 99.9 cm³/mol. The Morgan fingerprint density at radius 3 is 2.56 bits per heavy atom. The van der Waals surface area contributed by atoms with Crippen molar-refractivity contribution < 1.29 is 14.3 Å². The highest BCUT2D eigenvalue weighted by atomic mass is 16.5. The summed E-state index contributed by atoms with van der Waals surface area (Å²) in [6, 6.07) is 14.2. The number of aromatic nitrogens is 3. The highest BCUT2D eigenvalue weighted by Crippen LogP contribution is 2.28. The highest BCUT2D eigenvalue weighted by molar-refractivity contribution is 5.92. The lowest BCUT2D eigenvalue weighted by Gasteiger charge is -2.12. The van der Waals surface area contributed by atoms with Gasteiger partial charge in [0.1, 0.15) is 18.0 Å². The lowest BCUT2D eigenvalue weighted by Crippen LogP contribution is -2.31. The Balaban J connectivity index is 1.74. The van der Waals surface area contributed by atoms with Crippen LogP contribution in [0.2, 0.25) is 0 Å². The number of nitrogens with one attached hydrogen (secondary N) is 1. The van der Waals surface area contributed by atoms with E-state index in [9.17, 15) is 9.59 Å². The fourth-order valence-corrected chi connectivity index (χ4v) is 2.45. The van der Waals surface area contributed by atoms with Crippen molar-refractivity contribution in [2.75, 3.05) is 19.5 Å². The van der Waals surface area contributed by atoms with Crippen LogP contribution in [0.15, 0.2) is 59.5 Å². The molecule has 138 valence electrons. The number of amides is 1. The van der Waals surface area contributed by atoms with Crippen molar-refractivity contribution in [2.45, 2.75) is 6.54 Å². The number of nitrogens with zero attached hydrogens (tertiary/aromatic N) is 3. The first-order valence-electron chi connectivity index (χ1n) is 8.12. The van der Waals surface area contributed by atoms with Gasteiger partial charge in [0, 0.05) is 11.6 Å². The molecule has 0 fully saturated rings. The third kappa shape index (κ3) is 4.30. The summed E-state index contributed by atoms with van der Waals surface area (Å²) in [5.74, 6) is 0.617. The lowest BCUT2D eigenvalue weighted by molar-refractivity contribution is -0.117. The number of carbonyl (C=O) groups is 1. The van der Waals surface area contributed by atoms with Gasteiger partial charge >= 0.3 is 5.69 Å². The minimum Gasteiger partial charge on any atom is -0.497 e. The van der Waals surface area contributed by atoms with Crippen molar-refractivity contribution in [3.05, 3.63) is 65.2 Å². The van der Waals surface area contributed by atoms with Crippen LogP contribution in [0, 0.1) is 0 Å². The van der Waals surface area contributed by atoms with Crippen molar-refractivity contribution in [3.8, 4) is 22.8 Å². The minimum absolute atomic E-state index is 0.268. The number of hydrogen-bond donors (Lipinski definition) is 1. The molecule has 0 radical (unpaired) electrons. The first-order valence-corrected chi connectivity index (χ1v) is 8.12.